The van der Waals surface area contributed by atoms with E-state index >= 15 is 0 Å². The Bertz CT molecular complexity index is 559. The van der Waals surface area contributed by atoms with Crippen LogP contribution < -0.4 is 0 Å². The average Bonchev–Trinajstić information content (AvgIpc) is 2.83. The van der Waals surface area contributed by atoms with Gasteiger partial charge in [-0.3, -0.25) is 9.36 Å². The minimum absolute atomic E-state index is 0.170. The number of benzene rings is 1. The largest absolute Gasteiger partial charge is 0.281 e. The van der Waals surface area contributed by atoms with Crippen molar-refractivity contribution < 1.29 is 4.79 Å². The zero-order valence-electron chi connectivity index (χ0n) is 8.31. The second-order valence-corrected chi connectivity index (χ2v) is 5.54. The van der Waals surface area contributed by atoms with Crippen LogP contribution in [0.1, 0.15) is 4.79 Å². The summed E-state index contributed by atoms with van der Waals surface area (Å²) in [5.41, 5.74) is 2.24. The van der Waals surface area contributed by atoms with E-state index in [2.05, 4.69) is 22.0 Å². The molecule has 4 heteroatoms. The summed E-state index contributed by atoms with van der Waals surface area (Å²) in [5.74, 6) is 0.735. The summed E-state index contributed by atoms with van der Waals surface area (Å²) in [5, 5.41) is 1.04. The highest BCUT2D eigenvalue weighted by atomic mass is 79.9. The van der Waals surface area contributed by atoms with Crippen LogP contribution in [0.5, 0.6) is 0 Å². The van der Waals surface area contributed by atoms with Gasteiger partial charge in [0, 0.05) is 16.2 Å². The Hall–Kier alpha value is -1.00. The molecule has 0 atom stereocenters. The smallest absolute Gasteiger partial charge is 0.241 e. The van der Waals surface area contributed by atoms with Gasteiger partial charge in [0.1, 0.15) is 0 Å². The Morgan fingerprint density at radius 3 is 2.62 bits per heavy atom. The van der Waals surface area contributed by atoms with E-state index in [1.165, 1.54) is 0 Å². The van der Waals surface area contributed by atoms with Gasteiger partial charge in [-0.15, -0.1) is 0 Å². The average molecular weight is 294 g/mol. The second kappa shape index (κ2) is 3.79. The molecule has 0 fully saturated rings. The fourth-order valence-electron chi connectivity index (χ4n) is 1.75. The Labute approximate surface area is 106 Å². The van der Waals surface area contributed by atoms with Crippen molar-refractivity contribution in [3.63, 3.8) is 0 Å². The number of fused-ring (bicyclic) bond motifs is 1. The van der Waals surface area contributed by atoms with Gasteiger partial charge in [0.05, 0.1) is 10.8 Å². The van der Waals surface area contributed by atoms with Crippen LogP contribution in [-0.2, 0) is 0 Å². The molecule has 0 saturated heterocycles. The van der Waals surface area contributed by atoms with Crippen LogP contribution in [-0.4, -0.2) is 16.2 Å². The van der Waals surface area contributed by atoms with Crippen molar-refractivity contribution in [1.82, 2.24) is 4.57 Å². The molecule has 3 rings (SSSR count). The molecule has 0 N–H and O–H groups in total. The highest BCUT2D eigenvalue weighted by molar-refractivity contribution is 9.10. The number of rotatable bonds is 1. The van der Waals surface area contributed by atoms with Crippen molar-refractivity contribution in [2.24, 2.45) is 0 Å². The van der Waals surface area contributed by atoms with Crippen LogP contribution in [0.3, 0.4) is 0 Å². The van der Waals surface area contributed by atoms with Gasteiger partial charge in [0.25, 0.3) is 0 Å². The van der Waals surface area contributed by atoms with Crippen LogP contribution in [0.2, 0.25) is 0 Å². The molecule has 0 amide bonds. The third-order valence-corrected chi connectivity index (χ3v) is 4.10. The Morgan fingerprint density at radius 1 is 1.19 bits per heavy atom. The van der Waals surface area contributed by atoms with Crippen molar-refractivity contribution in [2.45, 2.75) is 5.03 Å². The van der Waals surface area contributed by atoms with E-state index in [0.717, 1.165) is 20.6 Å². The molecule has 0 radical (unpaired) electrons. The molecule has 16 heavy (non-hydrogen) atoms. The lowest BCUT2D eigenvalue weighted by atomic mass is 10.1. The summed E-state index contributed by atoms with van der Waals surface area (Å²) in [4.78, 5) is 11.5. The molecule has 1 aliphatic rings. The molecule has 0 spiro atoms. The van der Waals surface area contributed by atoms with Gasteiger partial charge in [-0.05, 0) is 23.8 Å². The summed E-state index contributed by atoms with van der Waals surface area (Å²) in [6.07, 6.45) is 1.92. The Kier molecular flexibility index (Phi) is 2.41. The number of halogens is 1. The van der Waals surface area contributed by atoms with E-state index in [1.54, 1.807) is 16.3 Å². The third kappa shape index (κ3) is 1.62. The lowest BCUT2D eigenvalue weighted by molar-refractivity contribution is 0.0940. The van der Waals surface area contributed by atoms with Gasteiger partial charge >= 0.3 is 0 Å². The van der Waals surface area contributed by atoms with Crippen molar-refractivity contribution >= 4 is 33.6 Å². The van der Waals surface area contributed by atoms with Gasteiger partial charge < -0.3 is 0 Å². The highest BCUT2D eigenvalue weighted by Gasteiger charge is 2.20. The zero-order valence-corrected chi connectivity index (χ0v) is 10.7. The number of carbonyl (C=O) groups excluding carboxylic acids is 1. The normalized spacial score (nSPS) is 14.2. The summed E-state index contributed by atoms with van der Waals surface area (Å²) >= 11 is 5.01. The predicted molar refractivity (Wildman–Crippen MR) is 68.9 cm³/mol. The van der Waals surface area contributed by atoms with Crippen LogP contribution in [0.15, 0.2) is 46.0 Å². The monoisotopic (exact) mass is 293 g/mol. The first kappa shape index (κ1) is 10.2. The summed E-state index contributed by atoms with van der Waals surface area (Å²) in [7, 11) is 0. The molecule has 0 aliphatic carbocycles. The third-order valence-electron chi connectivity index (χ3n) is 2.57. The zero-order chi connectivity index (χ0) is 11.1. The van der Waals surface area contributed by atoms with Crippen LogP contribution in [0.4, 0.5) is 0 Å². The van der Waals surface area contributed by atoms with E-state index in [1.807, 2.05) is 30.5 Å². The topological polar surface area (TPSA) is 22.0 Å². The van der Waals surface area contributed by atoms with Crippen LogP contribution in [0, 0.1) is 0 Å². The Balaban J connectivity index is 2.05. The molecule has 2 aromatic rings. The second-order valence-electron chi connectivity index (χ2n) is 3.63. The number of nitrogens with zero attached hydrogens (tertiary/aromatic N) is 1. The lowest BCUT2D eigenvalue weighted by Crippen LogP contribution is -2.04. The SMILES string of the molecule is O=C1CSc2cc(-c3ccc(Br)cc3)cn21. The van der Waals surface area contributed by atoms with Gasteiger partial charge in [-0.25, -0.2) is 0 Å². The van der Waals surface area contributed by atoms with Crippen LogP contribution in [0.25, 0.3) is 11.1 Å². The fraction of sp³-hybridized carbons (Fsp3) is 0.0833. The van der Waals surface area contributed by atoms with Crippen molar-refractivity contribution in [1.29, 1.82) is 0 Å². The molecule has 0 bridgehead atoms. The fourth-order valence-corrected chi connectivity index (χ4v) is 2.93. The Morgan fingerprint density at radius 2 is 1.94 bits per heavy atom. The maximum absolute atomic E-state index is 11.5. The summed E-state index contributed by atoms with van der Waals surface area (Å²) in [6, 6.07) is 10.2. The molecule has 0 saturated carbocycles. The number of carbonyl (C=O) groups is 1. The van der Waals surface area contributed by atoms with Gasteiger partial charge in [-0.2, -0.15) is 0 Å². The maximum atomic E-state index is 11.5. The summed E-state index contributed by atoms with van der Waals surface area (Å²) < 4.78 is 2.80. The molecule has 2 nitrogen and oxygen atoms in total. The molecular weight excluding hydrogens is 286 g/mol. The lowest BCUT2D eigenvalue weighted by Gasteiger charge is -1.97. The molecule has 1 aromatic heterocycles. The van der Waals surface area contributed by atoms with Crippen LogP contribution >= 0.6 is 27.7 Å². The first-order valence-corrected chi connectivity index (χ1v) is 6.66. The van der Waals surface area contributed by atoms with E-state index in [-0.39, 0.29) is 5.91 Å². The number of aromatic nitrogens is 1. The van der Waals surface area contributed by atoms with E-state index in [0.29, 0.717) is 5.75 Å². The molecule has 2 heterocycles. The van der Waals surface area contributed by atoms with E-state index < -0.39 is 0 Å². The number of hydrogen-bond acceptors (Lipinski definition) is 2. The summed E-state index contributed by atoms with van der Waals surface area (Å²) in [6.45, 7) is 0. The van der Waals surface area contributed by atoms with E-state index in [9.17, 15) is 4.79 Å². The number of thioether (sulfide) groups is 1. The first-order chi connectivity index (χ1) is 7.74. The standard InChI is InChI=1S/C12H8BrNOS/c13-10-3-1-8(2-4-10)9-5-12-14(6-9)11(15)7-16-12/h1-6H,7H2. The molecule has 80 valence electrons. The van der Waals surface area contributed by atoms with Gasteiger partial charge in [0.2, 0.25) is 5.91 Å². The molecule has 0 unspecified atom stereocenters. The first-order valence-electron chi connectivity index (χ1n) is 4.88. The quantitative estimate of drug-likeness (QED) is 0.800. The van der Waals surface area contributed by atoms with Gasteiger partial charge in [-0.1, -0.05) is 39.8 Å². The minimum atomic E-state index is 0.170. The van der Waals surface area contributed by atoms with Crippen molar-refractivity contribution in [3.8, 4) is 11.1 Å². The molecule has 1 aliphatic heterocycles. The highest BCUT2D eigenvalue weighted by Crippen LogP contribution is 2.32. The molecule has 1 aromatic carbocycles. The minimum Gasteiger partial charge on any atom is -0.281 e. The predicted octanol–water partition coefficient (Wildman–Crippen LogP) is 3.66. The number of hydrogen-bond donors (Lipinski definition) is 0. The van der Waals surface area contributed by atoms with E-state index in [4.69, 9.17) is 0 Å². The van der Waals surface area contributed by atoms with Gasteiger partial charge in [0.15, 0.2) is 0 Å². The van der Waals surface area contributed by atoms with Crippen molar-refractivity contribution in [3.05, 3.63) is 41.0 Å². The maximum Gasteiger partial charge on any atom is 0.241 e. The molecular formula is C12H8BrNOS. The van der Waals surface area contributed by atoms with Crippen molar-refractivity contribution in [2.75, 3.05) is 5.75 Å².